The van der Waals surface area contributed by atoms with Crippen molar-refractivity contribution in [3.8, 4) is 0 Å². The molecule has 0 aliphatic rings. The largest absolute Gasteiger partial charge is 0.464 e. The Hall–Kier alpha value is -3.67. The lowest BCUT2D eigenvalue weighted by Gasteiger charge is -2.17. The number of nitrogens with zero attached hydrogens (tertiary/aromatic N) is 3. The zero-order valence-corrected chi connectivity index (χ0v) is 16.3. The molecular formula is C23H21N3O3. The van der Waals surface area contributed by atoms with Crippen molar-refractivity contribution >= 4 is 16.7 Å². The third-order valence-electron chi connectivity index (χ3n) is 4.78. The molecule has 1 amide bonds. The van der Waals surface area contributed by atoms with Gasteiger partial charge in [-0.2, -0.15) is 5.10 Å². The monoisotopic (exact) mass is 387 g/mol. The van der Waals surface area contributed by atoms with Crippen molar-refractivity contribution in [3.63, 3.8) is 0 Å². The Kier molecular flexibility index (Phi) is 4.99. The highest BCUT2D eigenvalue weighted by molar-refractivity contribution is 6.04. The summed E-state index contributed by atoms with van der Waals surface area (Å²) in [4.78, 5) is 27.7. The van der Waals surface area contributed by atoms with Gasteiger partial charge in [-0.1, -0.05) is 48.5 Å². The van der Waals surface area contributed by atoms with Gasteiger partial charge in [0.2, 0.25) is 0 Å². The minimum absolute atomic E-state index is 0.217. The van der Waals surface area contributed by atoms with E-state index in [1.54, 1.807) is 36.2 Å². The minimum Gasteiger partial charge on any atom is -0.464 e. The van der Waals surface area contributed by atoms with Crippen LogP contribution in [0.1, 0.15) is 27.6 Å². The standard InChI is InChI=1S/C23H21N3O3/c1-16-12-13-18(29-16)15-25(2)23(28)21-19-10-6-7-11-20(19)22(27)26(24-21)14-17-8-4-3-5-9-17/h3-13H,14-15H2,1-2H3. The van der Waals surface area contributed by atoms with E-state index in [1.165, 1.54) is 4.68 Å². The molecule has 6 nitrogen and oxygen atoms in total. The number of benzene rings is 2. The molecule has 0 aliphatic carbocycles. The first kappa shape index (κ1) is 18.7. The lowest BCUT2D eigenvalue weighted by molar-refractivity contribution is 0.0768. The van der Waals surface area contributed by atoms with Crippen LogP contribution < -0.4 is 5.56 Å². The van der Waals surface area contributed by atoms with Gasteiger partial charge >= 0.3 is 0 Å². The van der Waals surface area contributed by atoms with Crippen LogP contribution in [0.4, 0.5) is 0 Å². The summed E-state index contributed by atoms with van der Waals surface area (Å²) in [6.07, 6.45) is 0. The van der Waals surface area contributed by atoms with Gasteiger partial charge in [0.25, 0.3) is 11.5 Å². The van der Waals surface area contributed by atoms with Crippen molar-refractivity contribution in [2.24, 2.45) is 0 Å². The van der Waals surface area contributed by atoms with E-state index in [0.29, 0.717) is 29.6 Å². The molecule has 2 heterocycles. The number of aromatic nitrogens is 2. The van der Waals surface area contributed by atoms with E-state index in [4.69, 9.17) is 4.42 Å². The van der Waals surface area contributed by atoms with E-state index in [-0.39, 0.29) is 17.2 Å². The normalized spacial score (nSPS) is 11.0. The van der Waals surface area contributed by atoms with Crippen molar-refractivity contribution in [3.05, 3.63) is 99.9 Å². The first-order chi connectivity index (χ1) is 14.0. The molecule has 4 aromatic rings. The number of rotatable bonds is 5. The average Bonchev–Trinajstić information content (AvgIpc) is 3.15. The first-order valence-corrected chi connectivity index (χ1v) is 9.37. The maximum atomic E-state index is 13.2. The van der Waals surface area contributed by atoms with Crippen LogP contribution in [0.2, 0.25) is 0 Å². The van der Waals surface area contributed by atoms with Gasteiger partial charge in [0.1, 0.15) is 11.5 Å². The second kappa shape index (κ2) is 7.75. The molecule has 146 valence electrons. The Morgan fingerprint density at radius 1 is 1.00 bits per heavy atom. The van der Waals surface area contributed by atoms with Gasteiger partial charge in [0.15, 0.2) is 5.69 Å². The molecule has 0 saturated heterocycles. The molecule has 0 spiro atoms. The number of fused-ring (bicyclic) bond motifs is 1. The van der Waals surface area contributed by atoms with Crippen LogP contribution in [0.15, 0.2) is 75.9 Å². The van der Waals surface area contributed by atoms with Crippen LogP contribution >= 0.6 is 0 Å². The Morgan fingerprint density at radius 2 is 1.69 bits per heavy atom. The molecule has 0 atom stereocenters. The van der Waals surface area contributed by atoms with Crippen molar-refractivity contribution in [2.75, 3.05) is 7.05 Å². The number of carbonyl (C=O) groups is 1. The fourth-order valence-corrected chi connectivity index (χ4v) is 3.31. The molecule has 0 bridgehead atoms. The Bertz CT molecular complexity index is 1230. The Balaban J connectivity index is 1.75. The van der Waals surface area contributed by atoms with E-state index in [2.05, 4.69) is 5.10 Å². The average molecular weight is 387 g/mol. The van der Waals surface area contributed by atoms with E-state index < -0.39 is 0 Å². The summed E-state index contributed by atoms with van der Waals surface area (Å²) in [6, 6.07) is 20.4. The van der Waals surface area contributed by atoms with Gasteiger partial charge in [-0.3, -0.25) is 9.59 Å². The molecule has 0 N–H and O–H groups in total. The van der Waals surface area contributed by atoms with Crippen LogP contribution in [0.5, 0.6) is 0 Å². The number of amides is 1. The van der Waals surface area contributed by atoms with Crippen LogP contribution in [0.25, 0.3) is 10.8 Å². The fourth-order valence-electron chi connectivity index (χ4n) is 3.31. The summed E-state index contributed by atoms with van der Waals surface area (Å²) in [6.45, 7) is 2.48. The molecule has 6 heteroatoms. The zero-order chi connectivity index (χ0) is 20.4. The molecule has 2 aromatic heterocycles. The van der Waals surface area contributed by atoms with Crippen LogP contribution in [0, 0.1) is 6.92 Å². The minimum atomic E-state index is -0.267. The third kappa shape index (κ3) is 3.82. The van der Waals surface area contributed by atoms with Gasteiger partial charge in [0.05, 0.1) is 18.5 Å². The number of carbonyl (C=O) groups excluding carboxylic acids is 1. The molecule has 0 fully saturated rings. The predicted octanol–water partition coefficient (Wildman–Crippen LogP) is 3.62. The molecule has 0 aliphatic heterocycles. The summed E-state index contributed by atoms with van der Waals surface area (Å²) in [5, 5.41) is 5.47. The molecule has 4 rings (SSSR count). The van der Waals surface area contributed by atoms with Crippen molar-refractivity contribution in [1.29, 1.82) is 0 Å². The van der Waals surface area contributed by atoms with Crippen LogP contribution in [-0.2, 0) is 13.1 Å². The van der Waals surface area contributed by atoms with Gasteiger partial charge in [-0.15, -0.1) is 0 Å². The highest BCUT2D eigenvalue weighted by Gasteiger charge is 2.21. The lowest BCUT2D eigenvalue weighted by Crippen LogP contribution is -2.32. The van der Waals surface area contributed by atoms with Gasteiger partial charge in [-0.05, 0) is 30.7 Å². The first-order valence-electron chi connectivity index (χ1n) is 9.37. The number of aryl methyl sites for hydroxylation is 1. The van der Waals surface area contributed by atoms with E-state index >= 15 is 0 Å². The van der Waals surface area contributed by atoms with Gasteiger partial charge < -0.3 is 9.32 Å². The highest BCUT2D eigenvalue weighted by Crippen LogP contribution is 2.17. The second-order valence-electron chi connectivity index (χ2n) is 7.02. The Labute approximate surface area is 168 Å². The SMILES string of the molecule is Cc1ccc(CN(C)C(=O)c2nn(Cc3ccccc3)c(=O)c3ccccc23)o1. The summed E-state index contributed by atoms with van der Waals surface area (Å²) < 4.78 is 6.94. The maximum Gasteiger partial charge on any atom is 0.275 e. The van der Waals surface area contributed by atoms with Crippen LogP contribution in [-0.4, -0.2) is 27.6 Å². The van der Waals surface area contributed by atoms with Crippen molar-refractivity contribution < 1.29 is 9.21 Å². The molecular weight excluding hydrogens is 366 g/mol. The summed E-state index contributed by atoms with van der Waals surface area (Å²) in [7, 11) is 1.70. The van der Waals surface area contributed by atoms with Crippen molar-refractivity contribution in [2.45, 2.75) is 20.0 Å². The smallest absolute Gasteiger partial charge is 0.275 e. The summed E-state index contributed by atoms with van der Waals surface area (Å²) in [5.41, 5.74) is 0.974. The molecule has 0 saturated carbocycles. The number of hydrogen-bond acceptors (Lipinski definition) is 4. The van der Waals surface area contributed by atoms with E-state index in [0.717, 1.165) is 11.3 Å². The predicted molar refractivity (Wildman–Crippen MR) is 111 cm³/mol. The lowest BCUT2D eigenvalue weighted by atomic mass is 10.1. The molecule has 2 aromatic carbocycles. The van der Waals surface area contributed by atoms with Gasteiger partial charge in [-0.25, -0.2) is 4.68 Å². The van der Waals surface area contributed by atoms with Crippen molar-refractivity contribution in [1.82, 2.24) is 14.7 Å². The zero-order valence-electron chi connectivity index (χ0n) is 16.3. The highest BCUT2D eigenvalue weighted by atomic mass is 16.3. The maximum absolute atomic E-state index is 13.2. The molecule has 0 radical (unpaired) electrons. The Morgan fingerprint density at radius 3 is 2.38 bits per heavy atom. The molecule has 29 heavy (non-hydrogen) atoms. The summed E-state index contributed by atoms with van der Waals surface area (Å²) in [5.74, 6) is 1.22. The third-order valence-corrected chi connectivity index (χ3v) is 4.78. The number of furan rings is 1. The molecule has 0 unspecified atom stereocenters. The van der Waals surface area contributed by atoms with Crippen LogP contribution in [0.3, 0.4) is 0 Å². The quantitative estimate of drug-likeness (QED) is 0.525. The topological polar surface area (TPSA) is 68.3 Å². The van der Waals surface area contributed by atoms with Gasteiger partial charge in [0, 0.05) is 12.4 Å². The van der Waals surface area contributed by atoms with E-state index in [9.17, 15) is 9.59 Å². The number of hydrogen-bond donors (Lipinski definition) is 0. The second-order valence-corrected chi connectivity index (χ2v) is 7.02. The fraction of sp³-hybridized carbons (Fsp3) is 0.174. The summed E-state index contributed by atoms with van der Waals surface area (Å²) >= 11 is 0. The van der Waals surface area contributed by atoms with E-state index in [1.807, 2.05) is 49.4 Å².